The lowest BCUT2D eigenvalue weighted by molar-refractivity contribution is -0.130. The Bertz CT molecular complexity index is 1340. The van der Waals surface area contributed by atoms with Crippen molar-refractivity contribution in [3.63, 3.8) is 0 Å². The van der Waals surface area contributed by atoms with Crippen LogP contribution in [0.1, 0.15) is 65.4 Å². The molecule has 9 nitrogen and oxygen atoms in total. The molecule has 3 heterocycles. The molecule has 1 aliphatic heterocycles. The number of nitrogens with one attached hydrogen (secondary N) is 3. The van der Waals surface area contributed by atoms with Gasteiger partial charge in [0.1, 0.15) is 5.69 Å². The molecule has 0 aliphatic carbocycles. The van der Waals surface area contributed by atoms with Gasteiger partial charge in [0, 0.05) is 62.7 Å². The molecule has 1 aromatic carbocycles. The van der Waals surface area contributed by atoms with E-state index in [1.54, 1.807) is 35.8 Å². The van der Waals surface area contributed by atoms with Crippen LogP contribution in [0.4, 0.5) is 5.13 Å². The third-order valence-corrected chi connectivity index (χ3v) is 9.27. The molecule has 2 aromatic heterocycles. The zero-order chi connectivity index (χ0) is 28.8. The van der Waals surface area contributed by atoms with Gasteiger partial charge in [-0.15, -0.1) is 11.8 Å². The molecule has 1 atom stereocenters. The van der Waals surface area contributed by atoms with Crippen LogP contribution in [0, 0.1) is 12.8 Å². The maximum atomic E-state index is 13.1. The van der Waals surface area contributed by atoms with E-state index in [9.17, 15) is 14.4 Å². The molecule has 0 saturated carbocycles. The van der Waals surface area contributed by atoms with Gasteiger partial charge in [0.25, 0.3) is 11.8 Å². The van der Waals surface area contributed by atoms with Gasteiger partial charge in [0.2, 0.25) is 5.91 Å². The number of hydrogen-bond donors (Lipinski definition) is 3. The van der Waals surface area contributed by atoms with Gasteiger partial charge in [0.05, 0.1) is 10.4 Å². The number of aryl methyl sites for hydroxylation is 1. The Morgan fingerprint density at radius 2 is 1.80 bits per heavy atom. The zero-order valence-electron chi connectivity index (χ0n) is 23.7. The minimum Gasteiger partial charge on any atom is -0.353 e. The predicted molar refractivity (Wildman–Crippen MR) is 161 cm³/mol. The molecule has 214 valence electrons. The average Bonchev–Trinajstić information content (AvgIpc) is 3.59. The van der Waals surface area contributed by atoms with E-state index in [4.69, 9.17) is 0 Å². The van der Waals surface area contributed by atoms with Crippen LogP contribution in [0.3, 0.4) is 0 Å². The Morgan fingerprint density at radius 1 is 1.07 bits per heavy atom. The van der Waals surface area contributed by atoms with Crippen LogP contribution in [-0.2, 0) is 17.1 Å². The van der Waals surface area contributed by atoms with E-state index in [-0.39, 0.29) is 17.7 Å². The molecule has 40 heavy (non-hydrogen) atoms. The number of H-pyrrole nitrogens is 1. The molecule has 0 radical (unpaired) electrons. The zero-order valence-corrected chi connectivity index (χ0v) is 25.4. The number of piperazine rings is 1. The maximum Gasteiger partial charge on any atom is 0.273 e. The van der Waals surface area contributed by atoms with E-state index < -0.39 is 0 Å². The van der Waals surface area contributed by atoms with Gasteiger partial charge in [0.15, 0.2) is 5.13 Å². The molecule has 4 rings (SSSR count). The van der Waals surface area contributed by atoms with Gasteiger partial charge in [-0.25, -0.2) is 4.98 Å². The summed E-state index contributed by atoms with van der Waals surface area (Å²) in [6.45, 7) is 13.0. The molecule has 0 unspecified atom stereocenters. The van der Waals surface area contributed by atoms with Crippen molar-refractivity contribution >= 4 is 46.0 Å². The second-order valence-electron chi connectivity index (χ2n) is 10.5. The van der Waals surface area contributed by atoms with Crippen LogP contribution >= 0.6 is 23.1 Å². The standard InChI is InChI=1S/C29H38N6O3S2/c1-18(2)20(4)30-15-24-6-7-25(32-24)27(37)33-29-31-16-26(40-29)39-17-22-12-19(3)13-23(14-22)28(38)35-10-8-34(9-11-35)21(5)36/h6-7,12-14,16,18,20,30,32H,8-11,15,17H2,1-5H3,(H,31,33,37)/t20-/m0/s1. The Hall–Kier alpha value is -3.15. The summed E-state index contributed by atoms with van der Waals surface area (Å²) in [6.07, 6.45) is 1.76. The Kier molecular flexibility index (Phi) is 10.0. The molecular formula is C29H38N6O3S2. The molecule has 1 aliphatic rings. The average molecular weight is 583 g/mol. The van der Waals surface area contributed by atoms with Crippen LogP contribution < -0.4 is 10.6 Å². The van der Waals surface area contributed by atoms with E-state index >= 15 is 0 Å². The number of carbonyl (C=O) groups excluding carboxylic acids is 3. The summed E-state index contributed by atoms with van der Waals surface area (Å²) >= 11 is 3.05. The summed E-state index contributed by atoms with van der Waals surface area (Å²) in [5.41, 5.74) is 4.21. The fraction of sp³-hybridized carbons (Fsp3) is 0.448. The van der Waals surface area contributed by atoms with Crippen molar-refractivity contribution in [2.24, 2.45) is 5.92 Å². The van der Waals surface area contributed by atoms with E-state index in [1.165, 1.54) is 11.3 Å². The maximum absolute atomic E-state index is 13.1. The van der Waals surface area contributed by atoms with Crippen molar-refractivity contribution in [3.05, 3.63) is 64.6 Å². The number of hydrogen-bond acceptors (Lipinski definition) is 7. The van der Waals surface area contributed by atoms with Crippen molar-refractivity contribution in [2.45, 2.75) is 57.2 Å². The fourth-order valence-corrected chi connectivity index (χ4v) is 6.16. The van der Waals surface area contributed by atoms with Crippen molar-refractivity contribution in [3.8, 4) is 0 Å². The second kappa shape index (κ2) is 13.5. The number of benzene rings is 1. The van der Waals surface area contributed by atoms with Crippen molar-refractivity contribution in [2.75, 3.05) is 31.5 Å². The molecule has 11 heteroatoms. The summed E-state index contributed by atoms with van der Waals surface area (Å²) in [5, 5.41) is 6.88. The highest BCUT2D eigenvalue weighted by Gasteiger charge is 2.23. The lowest BCUT2D eigenvalue weighted by Crippen LogP contribution is -2.50. The van der Waals surface area contributed by atoms with E-state index in [1.807, 2.05) is 30.0 Å². The smallest absolute Gasteiger partial charge is 0.273 e. The van der Waals surface area contributed by atoms with Crippen LogP contribution in [0.25, 0.3) is 0 Å². The highest BCUT2D eigenvalue weighted by atomic mass is 32.2. The SMILES string of the molecule is CC(=O)N1CCN(C(=O)c2cc(C)cc(CSc3cnc(NC(=O)c4ccc(CN[C@@H](C)C(C)C)[nH]4)s3)c2)CC1. The molecule has 0 spiro atoms. The molecule has 0 bridgehead atoms. The fourth-order valence-electron chi connectivity index (χ4n) is 4.36. The molecule has 3 N–H and O–H groups in total. The first-order chi connectivity index (χ1) is 19.1. The van der Waals surface area contributed by atoms with Crippen LogP contribution in [0.15, 0.2) is 40.7 Å². The summed E-state index contributed by atoms with van der Waals surface area (Å²) in [6, 6.07) is 10.0. The summed E-state index contributed by atoms with van der Waals surface area (Å²) in [4.78, 5) is 48.6. The van der Waals surface area contributed by atoms with Crippen molar-refractivity contribution in [1.82, 2.24) is 25.1 Å². The normalized spacial score (nSPS) is 14.4. The number of thioether (sulfide) groups is 1. The first-order valence-corrected chi connectivity index (χ1v) is 15.4. The van der Waals surface area contributed by atoms with Gasteiger partial charge in [-0.3, -0.25) is 19.7 Å². The van der Waals surface area contributed by atoms with Crippen LogP contribution in [0.2, 0.25) is 0 Å². The minimum atomic E-state index is -0.222. The third-order valence-electron chi connectivity index (χ3n) is 7.09. The largest absolute Gasteiger partial charge is 0.353 e. The Balaban J connectivity index is 1.30. The van der Waals surface area contributed by atoms with Crippen LogP contribution in [0.5, 0.6) is 0 Å². The third kappa shape index (κ3) is 7.96. The highest BCUT2D eigenvalue weighted by Crippen LogP contribution is 2.31. The number of carbonyl (C=O) groups is 3. The molecule has 3 amide bonds. The lowest BCUT2D eigenvalue weighted by atomic mass is 10.1. The number of thiazole rings is 1. The Labute approximate surface area is 244 Å². The van der Waals surface area contributed by atoms with Crippen molar-refractivity contribution < 1.29 is 14.4 Å². The number of amides is 3. The molecular weight excluding hydrogens is 544 g/mol. The molecule has 1 fully saturated rings. The van der Waals surface area contributed by atoms with Crippen LogP contribution in [-0.4, -0.2) is 69.7 Å². The van der Waals surface area contributed by atoms with Gasteiger partial charge < -0.3 is 20.1 Å². The van der Waals surface area contributed by atoms with E-state index in [0.717, 1.165) is 21.0 Å². The first kappa shape index (κ1) is 29.8. The monoisotopic (exact) mass is 582 g/mol. The summed E-state index contributed by atoms with van der Waals surface area (Å²) < 4.78 is 0.976. The van der Waals surface area contributed by atoms with Gasteiger partial charge in [-0.1, -0.05) is 36.8 Å². The topological polar surface area (TPSA) is 110 Å². The highest BCUT2D eigenvalue weighted by molar-refractivity contribution is 8.00. The van der Waals surface area contributed by atoms with Gasteiger partial charge >= 0.3 is 0 Å². The number of nitrogens with zero attached hydrogens (tertiary/aromatic N) is 3. The summed E-state index contributed by atoms with van der Waals surface area (Å²) in [5.74, 6) is 1.04. The summed E-state index contributed by atoms with van der Waals surface area (Å²) in [7, 11) is 0. The number of anilines is 1. The number of rotatable bonds is 10. The van der Waals surface area contributed by atoms with Crippen molar-refractivity contribution in [1.29, 1.82) is 0 Å². The minimum absolute atomic E-state index is 0.00127. The quantitative estimate of drug-likeness (QED) is 0.297. The first-order valence-electron chi connectivity index (χ1n) is 13.6. The van der Waals surface area contributed by atoms with Gasteiger partial charge in [-0.05, 0) is 49.6 Å². The van der Waals surface area contributed by atoms with Gasteiger partial charge in [-0.2, -0.15) is 0 Å². The lowest BCUT2D eigenvalue weighted by Gasteiger charge is -2.34. The Morgan fingerprint density at radius 3 is 2.50 bits per heavy atom. The second-order valence-corrected chi connectivity index (χ2v) is 12.8. The number of aromatic nitrogens is 2. The molecule has 1 saturated heterocycles. The predicted octanol–water partition coefficient (Wildman–Crippen LogP) is 4.76. The number of aromatic amines is 1. The van der Waals surface area contributed by atoms with E-state index in [2.05, 4.69) is 47.4 Å². The van der Waals surface area contributed by atoms with E-state index in [0.29, 0.717) is 66.8 Å². The molecule has 3 aromatic rings.